The summed E-state index contributed by atoms with van der Waals surface area (Å²) in [6, 6.07) is 8.06. The smallest absolute Gasteiger partial charge is 0.312 e. The van der Waals surface area contributed by atoms with E-state index in [4.69, 9.17) is 5.11 Å². The molecule has 0 aliphatic carbocycles. The zero-order valence-corrected chi connectivity index (χ0v) is 10.1. The van der Waals surface area contributed by atoms with Gasteiger partial charge in [-0.3, -0.25) is 9.59 Å². The summed E-state index contributed by atoms with van der Waals surface area (Å²) in [6.45, 7) is 2.55. The number of nitrogens with zero attached hydrogens (tertiary/aromatic N) is 1. The van der Waals surface area contributed by atoms with Crippen molar-refractivity contribution in [3.8, 4) is 0 Å². The molecule has 1 N–H and O–H groups in total. The van der Waals surface area contributed by atoms with Crippen LogP contribution in [0.5, 0.6) is 0 Å². The molecule has 1 aromatic rings. The molecule has 0 radical (unpaired) electrons. The van der Waals surface area contributed by atoms with Gasteiger partial charge in [0.25, 0.3) is 0 Å². The molecule has 0 aliphatic heterocycles. The van der Waals surface area contributed by atoms with Crippen molar-refractivity contribution in [3.05, 3.63) is 35.4 Å². The van der Waals surface area contributed by atoms with E-state index in [1.165, 1.54) is 10.5 Å². The quantitative estimate of drug-likeness (QED) is 0.786. The molecule has 0 spiro atoms. The Balaban J connectivity index is 2.45. The van der Waals surface area contributed by atoms with Crippen LogP contribution in [0.4, 0.5) is 0 Å². The van der Waals surface area contributed by atoms with Crippen LogP contribution in [-0.2, 0) is 16.0 Å². The number of hydrogen-bond acceptors (Lipinski definition) is 2. The fourth-order valence-electron chi connectivity index (χ4n) is 1.55. The van der Waals surface area contributed by atoms with Crippen molar-refractivity contribution in [2.24, 2.45) is 0 Å². The summed E-state index contributed by atoms with van der Waals surface area (Å²) in [6.07, 6.45) is 0.299. The number of rotatable bonds is 5. The SMILES string of the molecule is Cc1cccc(CCN(C)C(=O)CC(=O)O)c1. The van der Waals surface area contributed by atoms with Crippen molar-refractivity contribution in [1.82, 2.24) is 4.90 Å². The predicted molar refractivity (Wildman–Crippen MR) is 64.8 cm³/mol. The van der Waals surface area contributed by atoms with E-state index >= 15 is 0 Å². The predicted octanol–water partition coefficient (Wildman–Crippen LogP) is 1.47. The Morgan fingerprint density at radius 2 is 2.06 bits per heavy atom. The molecule has 0 saturated carbocycles. The first-order valence-electron chi connectivity index (χ1n) is 5.50. The Hall–Kier alpha value is -1.84. The summed E-state index contributed by atoms with van der Waals surface area (Å²) in [5, 5.41) is 8.51. The molecule has 1 amide bonds. The van der Waals surface area contributed by atoms with Crippen LogP contribution < -0.4 is 0 Å². The first kappa shape index (κ1) is 13.2. The number of likely N-dealkylation sites (N-methyl/N-ethyl adjacent to an activating group) is 1. The number of carbonyl (C=O) groups is 2. The van der Waals surface area contributed by atoms with Crippen molar-refractivity contribution in [2.45, 2.75) is 19.8 Å². The molecule has 0 fully saturated rings. The molecule has 1 aromatic carbocycles. The molecule has 4 nitrogen and oxygen atoms in total. The normalized spacial score (nSPS) is 10.0. The monoisotopic (exact) mass is 235 g/mol. The van der Waals surface area contributed by atoms with Gasteiger partial charge in [0.2, 0.25) is 5.91 Å². The van der Waals surface area contributed by atoms with Gasteiger partial charge in [-0.25, -0.2) is 0 Å². The average molecular weight is 235 g/mol. The second-order valence-corrected chi connectivity index (χ2v) is 4.12. The number of amides is 1. The van der Waals surface area contributed by atoms with E-state index < -0.39 is 12.4 Å². The molecule has 0 heterocycles. The lowest BCUT2D eigenvalue weighted by Gasteiger charge is -2.16. The number of aryl methyl sites for hydroxylation is 1. The zero-order chi connectivity index (χ0) is 12.8. The van der Waals surface area contributed by atoms with Crippen LogP contribution in [0, 0.1) is 6.92 Å². The van der Waals surface area contributed by atoms with Crippen LogP contribution in [0.15, 0.2) is 24.3 Å². The van der Waals surface area contributed by atoms with E-state index in [2.05, 4.69) is 6.07 Å². The van der Waals surface area contributed by atoms with Gasteiger partial charge in [0.1, 0.15) is 6.42 Å². The summed E-state index contributed by atoms with van der Waals surface area (Å²) in [4.78, 5) is 23.2. The number of hydrogen-bond donors (Lipinski definition) is 1. The average Bonchev–Trinajstić information content (AvgIpc) is 2.25. The maximum absolute atomic E-state index is 11.4. The Labute approximate surface area is 101 Å². The molecule has 92 valence electrons. The zero-order valence-electron chi connectivity index (χ0n) is 10.1. The summed E-state index contributed by atoms with van der Waals surface area (Å²) in [7, 11) is 1.63. The highest BCUT2D eigenvalue weighted by atomic mass is 16.4. The standard InChI is InChI=1S/C13H17NO3/c1-10-4-3-5-11(8-10)6-7-14(2)12(15)9-13(16)17/h3-5,8H,6-7,9H2,1-2H3,(H,16,17). The van der Waals surface area contributed by atoms with Gasteiger partial charge in [-0.2, -0.15) is 0 Å². The van der Waals surface area contributed by atoms with Gasteiger partial charge < -0.3 is 10.0 Å². The Morgan fingerprint density at radius 3 is 2.65 bits per heavy atom. The lowest BCUT2D eigenvalue weighted by atomic mass is 10.1. The van der Waals surface area contributed by atoms with Crippen molar-refractivity contribution in [2.75, 3.05) is 13.6 Å². The first-order valence-corrected chi connectivity index (χ1v) is 5.50. The van der Waals surface area contributed by atoms with Crippen molar-refractivity contribution >= 4 is 11.9 Å². The Bertz CT molecular complexity index is 415. The van der Waals surface area contributed by atoms with Gasteiger partial charge in [-0.15, -0.1) is 0 Å². The minimum atomic E-state index is -1.09. The highest BCUT2D eigenvalue weighted by Gasteiger charge is 2.12. The van der Waals surface area contributed by atoms with Gasteiger partial charge in [0, 0.05) is 13.6 Å². The minimum Gasteiger partial charge on any atom is -0.481 e. The van der Waals surface area contributed by atoms with Crippen molar-refractivity contribution < 1.29 is 14.7 Å². The van der Waals surface area contributed by atoms with Crippen LogP contribution in [0.3, 0.4) is 0 Å². The van der Waals surface area contributed by atoms with E-state index in [9.17, 15) is 9.59 Å². The molecule has 0 atom stereocenters. The van der Waals surface area contributed by atoms with Gasteiger partial charge in [-0.05, 0) is 18.9 Å². The highest BCUT2D eigenvalue weighted by molar-refractivity contribution is 5.93. The summed E-state index contributed by atoms with van der Waals surface area (Å²) in [5.74, 6) is -1.44. The summed E-state index contributed by atoms with van der Waals surface area (Å²) in [5.41, 5.74) is 2.34. The van der Waals surface area contributed by atoms with E-state index in [1.807, 2.05) is 25.1 Å². The van der Waals surface area contributed by atoms with Gasteiger partial charge in [-0.1, -0.05) is 29.8 Å². The number of carbonyl (C=O) groups excluding carboxylic acids is 1. The van der Waals surface area contributed by atoms with Crippen LogP contribution in [0.2, 0.25) is 0 Å². The molecule has 4 heteroatoms. The molecule has 0 bridgehead atoms. The van der Waals surface area contributed by atoms with Crippen LogP contribution >= 0.6 is 0 Å². The van der Waals surface area contributed by atoms with E-state index in [0.717, 1.165) is 12.0 Å². The molecule has 17 heavy (non-hydrogen) atoms. The van der Waals surface area contributed by atoms with Gasteiger partial charge >= 0.3 is 5.97 Å². The van der Waals surface area contributed by atoms with E-state index in [0.29, 0.717) is 6.54 Å². The first-order chi connectivity index (χ1) is 7.99. The molecule has 0 saturated heterocycles. The second kappa shape index (κ2) is 6.03. The minimum absolute atomic E-state index is 0.356. The number of benzene rings is 1. The fourth-order valence-corrected chi connectivity index (χ4v) is 1.55. The van der Waals surface area contributed by atoms with E-state index in [-0.39, 0.29) is 5.91 Å². The highest BCUT2D eigenvalue weighted by Crippen LogP contribution is 2.05. The lowest BCUT2D eigenvalue weighted by Crippen LogP contribution is -2.30. The van der Waals surface area contributed by atoms with Gasteiger partial charge in [0.15, 0.2) is 0 Å². The van der Waals surface area contributed by atoms with Gasteiger partial charge in [0.05, 0.1) is 0 Å². The van der Waals surface area contributed by atoms with Crippen molar-refractivity contribution in [1.29, 1.82) is 0 Å². The number of aliphatic carboxylic acids is 1. The third-order valence-electron chi connectivity index (χ3n) is 2.55. The third kappa shape index (κ3) is 4.68. The summed E-state index contributed by atoms with van der Waals surface area (Å²) < 4.78 is 0. The maximum Gasteiger partial charge on any atom is 0.312 e. The van der Waals surface area contributed by atoms with Crippen LogP contribution in [0.1, 0.15) is 17.5 Å². The maximum atomic E-state index is 11.4. The lowest BCUT2D eigenvalue weighted by molar-refractivity contribution is -0.143. The molecule has 0 unspecified atom stereocenters. The third-order valence-corrected chi connectivity index (χ3v) is 2.55. The molecule has 0 aromatic heterocycles. The molecule has 0 aliphatic rings. The van der Waals surface area contributed by atoms with Crippen molar-refractivity contribution in [3.63, 3.8) is 0 Å². The molecule has 1 rings (SSSR count). The second-order valence-electron chi connectivity index (χ2n) is 4.12. The van der Waals surface area contributed by atoms with E-state index in [1.54, 1.807) is 7.05 Å². The number of carboxylic acid groups (broad SMARTS) is 1. The Morgan fingerprint density at radius 1 is 1.35 bits per heavy atom. The largest absolute Gasteiger partial charge is 0.481 e. The summed E-state index contributed by atoms with van der Waals surface area (Å²) >= 11 is 0. The molecular formula is C13H17NO3. The molecular weight excluding hydrogens is 218 g/mol. The van der Waals surface area contributed by atoms with Crippen LogP contribution in [0.25, 0.3) is 0 Å². The Kier molecular flexibility index (Phi) is 4.69. The van der Waals surface area contributed by atoms with Crippen LogP contribution in [-0.4, -0.2) is 35.5 Å². The number of carboxylic acids is 1. The fraction of sp³-hybridized carbons (Fsp3) is 0.385. The topological polar surface area (TPSA) is 57.6 Å².